The predicted octanol–water partition coefficient (Wildman–Crippen LogP) is 4.68. The second-order valence-electron chi connectivity index (χ2n) is 7.58. The van der Waals surface area contributed by atoms with Gasteiger partial charge in [0, 0.05) is 17.6 Å². The molecule has 1 aliphatic rings. The lowest BCUT2D eigenvalue weighted by molar-refractivity contribution is 0.324. The second-order valence-corrected chi connectivity index (χ2v) is 9.70. The van der Waals surface area contributed by atoms with E-state index in [2.05, 4.69) is 11.1 Å². The van der Waals surface area contributed by atoms with E-state index in [9.17, 15) is 26.9 Å². The van der Waals surface area contributed by atoms with Gasteiger partial charge in [0.15, 0.2) is 0 Å². The molecule has 11 heteroatoms. The van der Waals surface area contributed by atoms with Gasteiger partial charge in [-0.2, -0.15) is 5.26 Å². The van der Waals surface area contributed by atoms with Gasteiger partial charge in [-0.1, -0.05) is 11.6 Å². The number of nitrogens with one attached hydrogen (secondary N) is 1. The Kier molecular flexibility index (Phi) is 6.16. The Morgan fingerprint density at radius 3 is 2.53 bits per heavy atom. The van der Waals surface area contributed by atoms with Crippen molar-refractivity contribution < 1.29 is 21.6 Å². The first-order valence-electron chi connectivity index (χ1n) is 9.84. The molecule has 0 atom stereocenters. The molecule has 2 aromatic heterocycles. The molecule has 0 unspecified atom stereocenters. The molecule has 0 saturated heterocycles. The van der Waals surface area contributed by atoms with Crippen molar-refractivity contribution in [1.29, 1.82) is 5.26 Å². The Hall–Kier alpha value is -2.61. The van der Waals surface area contributed by atoms with Crippen LogP contribution in [0.1, 0.15) is 30.9 Å². The number of hydrogen-bond donors (Lipinski definition) is 1. The Bertz CT molecular complexity index is 1310. The van der Waals surface area contributed by atoms with E-state index in [1.165, 1.54) is 24.3 Å². The molecule has 0 radical (unpaired) electrons. The van der Waals surface area contributed by atoms with Crippen molar-refractivity contribution >= 4 is 32.5 Å². The first kappa shape index (κ1) is 22.6. The number of hydrogen-bond acceptors (Lipinski definition) is 4. The molecular formula is C21H18ClF3N4O2S. The minimum atomic E-state index is -4.19. The fourth-order valence-corrected chi connectivity index (χ4v) is 5.06. The largest absolute Gasteiger partial charge is 0.335 e. The van der Waals surface area contributed by atoms with Crippen LogP contribution >= 0.6 is 11.6 Å². The molecule has 2 heterocycles. The summed E-state index contributed by atoms with van der Waals surface area (Å²) in [6.07, 6.45) is 3.78. The number of halogens is 4. The summed E-state index contributed by atoms with van der Waals surface area (Å²) in [6.45, 7) is -2.37. The molecular weight excluding hydrogens is 465 g/mol. The lowest BCUT2D eigenvalue weighted by Gasteiger charge is -2.30. The summed E-state index contributed by atoms with van der Waals surface area (Å²) in [5.74, 6) is -0.649. The smallest absolute Gasteiger partial charge is 0.242 e. The summed E-state index contributed by atoms with van der Waals surface area (Å²) >= 11 is 6.00. The van der Waals surface area contributed by atoms with Crippen LogP contribution < -0.4 is 4.72 Å². The van der Waals surface area contributed by atoms with Crippen LogP contribution in [-0.4, -0.2) is 37.4 Å². The monoisotopic (exact) mass is 482 g/mol. The lowest BCUT2D eigenvalue weighted by atomic mass is 9.92. The van der Waals surface area contributed by atoms with Crippen molar-refractivity contribution in [2.24, 2.45) is 0 Å². The van der Waals surface area contributed by atoms with Gasteiger partial charge >= 0.3 is 0 Å². The third-order valence-electron chi connectivity index (χ3n) is 5.58. The fraction of sp³-hybridized carbons (Fsp3) is 0.333. The van der Waals surface area contributed by atoms with E-state index in [1.54, 1.807) is 0 Å². The van der Waals surface area contributed by atoms with Gasteiger partial charge in [-0.25, -0.2) is 26.3 Å². The molecule has 0 amide bonds. The highest BCUT2D eigenvalue weighted by Gasteiger charge is 2.29. The molecule has 4 rings (SSSR count). The first-order chi connectivity index (χ1) is 15.3. The molecule has 168 valence electrons. The zero-order valence-corrected chi connectivity index (χ0v) is 18.2. The van der Waals surface area contributed by atoms with Crippen LogP contribution in [0, 0.1) is 17.1 Å². The molecule has 1 saturated carbocycles. The number of pyridine rings is 1. The average molecular weight is 483 g/mol. The number of aromatic nitrogens is 2. The van der Waals surface area contributed by atoms with Crippen LogP contribution in [0.15, 0.2) is 35.4 Å². The topological polar surface area (TPSA) is 87.8 Å². The van der Waals surface area contributed by atoms with E-state index < -0.39 is 35.2 Å². The van der Waals surface area contributed by atoms with Crippen molar-refractivity contribution in [3.8, 4) is 17.5 Å². The molecule has 0 bridgehead atoms. The van der Waals surface area contributed by atoms with E-state index in [1.807, 2.05) is 9.29 Å². The van der Waals surface area contributed by atoms with E-state index >= 15 is 0 Å². The van der Waals surface area contributed by atoms with Crippen LogP contribution in [0.4, 0.5) is 13.2 Å². The molecule has 1 N–H and O–H groups in total. The summed E-state index contributed by atoms with van der Waals surface area (Å²) < 4.78 is 68.2. The van der Waals surface area contributed by atoms with Crippen LogP contribution in [-0.2, 0) is 10.0 Å². The minimum absolute atomic E-state index is 0.0673. The van der Waals surface area contributed by atoms with Crippen molar-refractivity contribution in [2.75, 3.05) is 13.3 Å². The van der Waals surface area contributed by atoms with Gasteiger partial charge in [0.1, 0.15) is 30.1 Å². The van der Waals surface area contributed by atoms with E-state index in [0.29, 0.717) is 22.3 Å². The standard InChI is InChI=1S/C21H18ClF3N4O2S/c22-17-7-20-15(6-18(17)25)16(10-26)21(29(20)13-2-1-3-13)19-5-4-14(11-27-19)32(30,31)28-12(8-23)9-24/h4-7,11-13,28H,1-3,8-9H2. The maximum atomic E-state index is 14.2. The molecule has 1 aromatic carbocycles. The number of nitrogens with zero attached hydrogens (tertiary/aromatic N) is 3. The summed E-state index contributed by atoms with van der Waals surface area (Å²) in [5, 5.41) is 10.2. The normalized spacial score (nSPS) is 14.6. The van der Waals surface area contributed by atoms with Crippen LogP contribution in [0.5, 0.6) is 0 Å². The average Bonchev–Trinajstić information content (AvgIpc) is 3.04. The Morgan fingerprint density at radius 1 is 1.28 bits per heavy atom. The highest BCUT2D eigenvalue weighted by molar-refractivity contribution is 7.89. The van der Waals surface area contributed by atoms with E-state index in [4.69, 9.17) is 11.6 Å². The second kappa shape index (κ2) is 8.73. The van der Waals surface area contributed by atoms with Crippen molar-refractivity contribution in [2.45, 2.75) is 36.2 Å². The predicted molar refractivity (Wildman–Crippen MR) is 114 cm³/mol. The maximum Gasteiger partial charge on any atom is 0.242 e. The Balaban J connectivity index is 1.84. The Morgan fingerprint density at radius 2 is 2.00 bits per heavy atom. The number of alkyl halides is 2. The number of nitriles is 1. The molecule has 0 spiro atoms. The van der Waals surface area contributed by atoms with Crippen molar-refractivity contribution in [3.05, 3.63) is 46.9 Å². The summed E-state index contributed by atoms with van der Waals surface area (Å²) in [6, 6.07) is 6.05. The highest BCUT2D eigenvalue weighted by atomic mass is 35.5. The van der Waals surface area contributed by atoms with Gasteiger partial charge in [-0.05, 0) is 43.5 Å². The van der Waals surface area contributed by atoms with Crippen molar-refractivity contribution in [3.63, 3.8) is 0 Å². The molecule has 1 fully saturated rings. The zero-order chi connectivity index (χ0) is 23.0. The third kappa shape index (κ3) is 3.85. The number of rotatable bonds is 7. The lowest BCUT2D eigenvalue weighted by Crippen LogP contribution is -2.37. The minimum Gasteiger partial charge on any atom is -0.335 e. The van der Waals surface area contributed by atoms with Crippen LogP contribution in [0.25, 0.3) is 22.3 Å². The maximum absolute atomic E-state index is 14.2. The summed E-state index contributed by atoms with van der Waals surface area (Å²) in [4.78, 5) is 3.95. The van der Waals surface area contributed by atoms with Gasteiger partial charge < -0.3 is 4.57 Å². The summed E-state index contributed by atoms with van der Waals surface area (Å²) in [5.41, 5.74) is 1.56. The van der Waals surface area contributed by atoms with Gasteiger partial charge in [-0.3, -0.25) is 4.98 Å². The highest BCUT2D eigenvalue weighted by Crippen LogP contribution is 2.43. The fourth-order valence-electron chi connectivity index (χ4n) is 3.76. The van der Waals surface area contributed by atoms with E-state index in [0.717, 1.165) is 25.5 Å². The molecule has 0 aliphatic heterocycles. The van der Waals surface area contributed by atoms with Crippen molar-refractivity contribution in [1.82, 2.24) is 14.3 Å². The molecule has 32 heavy (non-hydrogen) atoms. The molecule has 3 aromatic rings. The Labute approximate surface area is 187 Å². The number of fused-ring (bicyclic) bond motifs is 1. The molecule has 6 nitrogen and oxygen atoms in total. The van der Waals surface area contributed by atoms with Crippen LogP contribution in [0.2, 0.25) is 5.02 Å². The van der Waals surface area contributed by atoms with Gasteiger partial charge in [-0.15, -0.1) is 0 Å². The van der Waals surface area contributed by atoms with Gasteiger partial charge in [0.2, 0.25) is 10.0 Å². The quantitative estimate of drug-likeness (QED) is 0.529. The third-order valence-corrected chi connectivity index (χ3v) is 7.38. The van der Waals surface area contributed by atoms with Gasteiger partial charge in [0.25, 0.3) is 0 Å². The number of benzene rings is 1. The van der Waals surface area contributed by atoms with Crippen LogP contribution in [0.3, 0.4) is 0 Å². The zero-order valence-electron chi connectivity index (χ0n) is 16.7. The van der Waals surface area contributed by atoms with Gasteiger partial charge in [0.05, 0.1) is 33.5 Å². The van der Waals surface area contributed by atoms with E-state index in [-0.39, 0.29) is 21.5 Å². The summed E-state index contributed by atoms with van der Waals surface area (Å²) in [7, 11) is -4.19. The SMILES string of the molecule is N#Cc1c(-c2ccc(S(=O)(=O)NC(CF)CF)cn2)n(C2CCC2)c2cc(Cl)c(F)cc12. The molecule has 1 aliphatic carbocycles. The first-order valence-corrected chi connectivity index (χ1v) is 11.7. The number of sulfonamides is 1.